The summed E-state index contributed by atoms with van der Waals surface area (Å²) in [4.78, 5) is -0.619. The van der Waals surface area contributed by atoms with E-state index in [1.165, 1.54) is 6.07 Å². The van der Waals surface area contributed by atoms with Crippen molar-refractivity contribution in [3.63, 3.8) is 0 Å². The van der Waals surface area contributed by atoms with Crippen molar-refractivity contribution in [3.05, 3.63) is 46.3 Å². The lowest BCUT2D eigenvalue weighted by Gasteiger charge is -2.31. The summed E-state index contributed by atoms with van der Waals surface area (Å²) in [6.07, 6.45) is -4.34. The number of halogens is 4. The van der Waals surface area contributed by atoms with Crippen LogP contribution in [0.25, 0.3) is 0 Å². The van der Waals surface area contributed by atoms with Crippen LogP contribution in [0.5, 0.6) is 0 Å². The van der Waals surface area contributed by atoms with Crippen LogP contribution < -0.4 is 4.72 Å². The van der Waals surface area contributed by atoms with Crippen molar-refractivity contribution in [2.75, 3.05) is 13.1 Å². The Labute approximate surface area is 175 Å². The lowest BCUT2D eigenvalue weighted by molar-refractivity contribution is -0.137. The smallest absolute Gasteiger partial charge is 0.207 e. The van der Waals surface area contributed by atoms with Crippen molar-refractivity contribution in [2.24, 2.45) is 0 Å². The van der Waals surface area contributed by atoms with Crippen molar-refractivity contribution in [1.29, 1.82) is 0 Å². The number of hydrogen-bond acceptors (Lipinski definition) is 5. The fourth-order valence-corrected chi connectivity index (χ4v) is 7.21. The van der Waals surface area contributed by atoms with Crippen LogP contribution in [0.2, 0.25) is 5.02 Å². The van der Waals surface area contributed by atoms with Gasteiger partial charge in [-0.2, -0.15) is 17.5 Å². The Morgan fingerprint density at radius 2 is 1.76 bits per heavy atom. The van der Waals surface area contributed by atoms with Crippen LogP contribution in [-0.2, 0) is 26.2 Å². The molecule has 0 atom stereocenters. The van der Waals surface area contributed by atoms with Gasteiger partial charge in [0.2, 0.25) is 20.0 Å². The molecule has 29 heavy (non-hydrogen) atoms. The van der Waals surface area contributed by atoms with E-state index in [4.69, 9.17) is 11.6 Å². The van der Waals surface area contributed by atoms with E-state index >= 15 is 0 Å². The van der Waals surface area contributed by atoms with Crippen LogP contribution in [-0.4, -0.2) is 40.3 Å². The van der Waals surface area contributed by atoms with Crippen LogP contribution >= 0.6 is 22.9 Å². The highest BCUT2D eigenvalue weighted by atomic mass is 35.5. The second-order valence-electron chi connectivity index (χ2n) is 6.37. The van der Waals surface area contributed by atoms with Crippen LogP contribution in [0.4, 0.5) is 13.2 Å². The number of hydrogen-bond donors (Lipinski definition) is 1. The van der Waals surface area contributed by atoms with Crippen molar-refractivity contribution in [1.82, 2.24) is 9.03 Å². The van der Waals surface area contributed by atoms with Crippen molar-refractivity contribution in [3.8, 4) is 0 Å². The van der Waals surface area contributed by atoms with Crippen LogP contribution in [0.1, 0.15) is 18.4 Å². The van der Waals surface area contributed by atoms with E-state index in [-0.39, 0.29) is 35.2 Å². The molecule has 1 fully saturated rings. The minimum atomic E-state index is -4.71. The Morgan fingerprint density at radius 1 is 1.10 bits per heavy atom. The van der Waals surface area contributed by atoms with E-state index in [9.17, 15) is 30.0 Å². The number of nitrogens with zero attached hydrogens (tertiary/aromatic N) is 1. The molecule has 1 saturated heterocycles. The molecular weight excluding hydrogens is 473 g/mol. The Balaban J connectivity index is 1.74. The van der Waals surface area contributed by atoms with E-state index in [0.717, 1.165) is 21.7 Å². The molecule has 2 heterocycles. The van der Waals surface area contributed by atoms with Crippen LogP contribution in [0, 0.1) is 0 Å². The number of rotatable bonds is 5. The Hall–Kier alpha value is -1.18. The molecule has 0 spiro atoms. The maximum Gasteiger partial charge on any atom is 0.416 e. The summed E-state index contributed by atoms with van der Waals surface area (Å²) >= 11 is 6.92. The summed E-state index contributed by atoms with van der Waals surface area (Å²) < 4.78 is 92.7. The number of nitrogens with one attached hydrogen (secondary N) is 1. The van der Waals surface area contributed by atoms with Gasteiger partial charge in [0.05, 0.1) is 10.6 Å². The van der Waals surface area contributed by atoms with E-state index in [1.54, 1.807) is 11.4 Å². The quantitative estimate of drug-likeness (QED) is 0.697. The highest BCUT2D eigenvalue weighted by Crippen LogP contribution is 2.35. The zero-order valence-corrected chi connectivity index (χ0v) is 17.9. The molecular formula is C16H16ClF3N2O4S3. The number of alkyl halides is 3. The molecule has 1 aliphatic heterocycles. The minimum Gasteiger partial charge on any atom is -0.207 e. The van der Waals surface area contributed by atoms with Gasteiger partial charge in [0, 0.05) is 19.1 Å². The predicted molar refractivity (Wildman–Crippen MR) is 103 cm³/mol. The number of sulfonamides is 2. The molecule has 0 aliphatic carbocycles. The first-order valence-corrected chi connectivity index (χ1v) is 12.5. The van der Waals surface area contributed by atoms with E-state index in [2.05, 4.69) is 4.72 Å². The Kier molecular flexibility index (Phi) is 6.33. The SMILES string of the molecule is O=S(=O)(NC1CCN(S(=O)(=O)c2cc(C(F)(F)F)ccc2Cl)CC1)c1cccs1. The number of piperidine rings is 1. The van der Waals surface area contributed by atoms with Gasteiger partial charge >= 0.3 is 6.18 Å². The fourth-order valence-electron chi connectivity index (χ4n) is 2.92. The van der Waals surface area contributed by atoms with Gasteiger partial charge in [-0.05, 0) is 42.5 Å². The molecule has 0 unspecified atom stereocenters. The first-order chi connectivity index (χ1) is 13.4. The second-order valence-corrected chi connectivity index (χ2v) is 11.6. The molecule has 0 saturated carbocycles. The third kappa shape index (κ3) is 4.94. The first-order valence-electron chi connectivity index (χ1n) is 8.34. The van der Waals surface area contributed by atoms with Gasteiger partial charge in [-0.3, -0.25) is 0 Å². The largest absolute Gasteiger partial charge is 0.416 e. The van der Waals surface area contributed by atoms with Gasteiger partial charge < -0.3 is 0 Å². The average molecular weight is 489 g/mol. The molecule has 6 nitrogen and oxygen atoms in total. The maximum absolute atomic E-state index is 12.9. The van der Waals surface area contributed by atoms with Crippen molar-refractivity contribution < 1.29 is 30.0 Å². The Bertz CT molecular complexity index is 1080. The van der Waals surface area contributed by atoms with Crippen LogP contribution in [0.15, 0.2) is 44.8 Å². The standard InChI is InChI=1S/C16H16ClF3N2O4S3/c17-13-4-3-11(16(18,19)20)10-14(13)29(25,26)22-7-5-12(6-8-22)21-28(23,24)15-2-1-9-27-15/h1-4,9-10,12,21H,5-8H2. The highest BCUT2D eigenvalue weighted by Gasteiger charge is 2.36. The molecule has 2 aromatic rings. The van der Waals surface area contributed by atoms with Crippen molar-refractivity contribution in [2.45, 2.75) is 34.2 Å². The third-order valence-corrected chi connectivity index (χ3v) is 9.71. The molecule has 1 aliphatic rings. The van der Waals surface area contributed by atoms with Crippen molar-refractivity contribution >= 4 is 43.0 Å². The second kappa shape index (κ2) is 8.16. The van der Waals surface area contributed by atoms with Gasteiger partial charge in [-0.1, -0.05) is 17.7 Å². The van der Waals surface area contributed by atoms with Crippen LogP contribution in [0.3, 0.4) is 0 Å². The molecule has 0 bridgehead atoms. The Morgan fingerprint density at radius 3 is 2.31 bits per heavy atom. The third-order valence-electron chi connectivity index (χ3n) is 4.41. The number of benzene rings is 1. The summed E-state index contributed by atoms with van der Waals surface area (Å²) in [5, 5.41) is 1.32. The summed E-state index contributed by atoms with van der Waals surface area (Å²) in [7, 11) is -7.96. The molecule has 0 amide bonds. The first kappa shape index (κ1) is 22.5. The monoisotopic (exact) mass is 488 g/mol. The van der Waals surface area contributed by atoms with Gasteiger partial charge in [0.15, 0.2) is 0 Å². The summed E-state index contributed by atoms with van der Waals surface area (Å²) in [6.45, 7) is -0.0981. The average Bonchev–Trinajstić information content (AvgIpc) is 3.17. The highest BCUT2D eigenvalue weighted by molar-refractivity contribution is 7.91. The summed E-state index contributed by atoms with van der Waals surface area (Å²) in [5.41, 5.74) is -1.11. The van der Waals surface area contributed by atoms with E-state index in [0.29, 0.717) is 12.1 Å². The van der Waals surface area contributed by atoms with Gasteiger partial charge in [-0.15, -0.1) is 11.3 Å². The van der Waals surface area contributed by atoms with Gasteiger partial charge in [-0.25, -0.2) is 21.6 Å². The lowest BCUT2D eigenvalue weighted by atomic mass is 10.1. The van der Waals surface area contributed by atoms with E-state index in [1.807, 2.05) is 0 Å². The normalized spacial score (nSPS) is 17.5. The molecule has 13 heteroatoms. The zero-order valence-electron chi connectivity index (χ0n) is 14.7. The lowest BCUT2D eigenvalue weighted by Crippen LogP contribution is -2.46. The van der Waals surface area contributed by atoms with Gasteiger partial charge in [0.1, 0.15) is 9.10 Å². The zero-order chi connectivity index (χ0) is 21.4. The molecule has 1 N–H and O–H groups in total. The van der Waals surface area contributed by atoms with Gasteiger partial charge in [0.25, 0.3) is 0 Å². The maximum atomic E-state index is 12.9. The summed E-state index contributed by atoms with van der Waals surface area (Å²) in [5.74, 6) is 0. The minimum absolute atomic E-state index is 0.0491. The molecule has 1 aromatic carbocycles. The molecule has 3 rings (SSSR count). The molecule has 0 radical (unpaired) electrons. The molecule has 160 valence electrons. The number of thiophene rings is 1. The predicted octanol–water partition coefficient (Wildman–Crippen LogP) is 3.55. The summed E-state index contributed by atoms with van der Waals surface area (Å²) in [6, 6.07) is 4.72. The van der Waals surface area contributed by atoms with E-state index < -0.39 is 42.7 Å². The molecule has 1 aromatic heterocycles. The topological polar surface area (TPSA) is 83.6 Å². The fraction of sp³-hybridized carbons (Fsp3) is 0.375.